The molecule has 0 aliphatic heterocycles. The minimum absolute atomic E-state index is 0.0138. The van der Waals surface area contributed by atoms with Crippen molar-refractivity contribution in [2.24, 2.45) is 0 Å². The van der Waals surface area contributed by atoms with Crippen LogP contribution < -0.4 is 0 Å². The van der Waals surface area contributed by atoms with Gasteiger partial charge in [-0.05, 0) is 12.5 Å². The molecule has 0 radical (unpaired) electrons. The molecule has 0 unspecified atom stereocenters. The van der Waals surface area contributed by atoms with Gasteiger partial charge in [-0.3, -0.25) is 9.50 Å². The molecule has 98 valence electrons. The van der Waals surface area contributed by atoms with Crippen LogP contribution in [0, 0.1) is 0 Å². The minimum atomic E-state index is 0.0138. The normalized spacial score (nSPS) is 12.2. The summed E-state index contributed by atoms with van der Waals surface area (Å²) in [7, 11) is 0. The van der Waals surface area contributed by atoms with E-state index in [1.54, 1.807) is 12.4 Å². The highest BCUT2D eigenvalue weighted by Gasteiger charge is 2.26. The Bertz CT molecular complexity index is 709. The van der Waals surface area contributed by atoms with Gasteiger partial charge in [-0.25, -0.2) is 4.98 Å². The predicted molar refractivity (Wildman–Crippen MR) is 71.7 cm³/mol. The van der Waals surface area contributed by atoms with E-state index in [1.165, 1.54) is 0 Å². The van der Waals surface area contributed by atoms with Gasteiger partial charge in [0.05, 0.1) is 17.5 Å². The molecule has 0 amide bonds. The standard InChI is InChI=1S/C13H16N6/c1-4-13(2,3)10-9(8-15-16-10)11-17-18-12-14-6-5-7-19(11)12/h5-8H,4H2,1-3H3,(H,15,16). The first-order valence-corrected chi connectivity index (χ1v) is 6.33. The van der Waals surface area contributed by atoms with Crippen LogP contribution in [0.4, 0.5) is 0 Å². The Morgan fingerprint density at radius 2 is 2.16 bits per heavy atom. The number of nitrogens with one attached hydrogen (secondary N) is 1. The Labute approximate surface area is 110 Å². The number of nitrogens with zero attached hydrogens (tertiary/aromatic N) is 5. The van der Waals surface area contributed by atoms with E-state index in [9.17, 15) is 0 Å². The van der Waals surface area contributed by atoms with Crippen LogP contribution >= 0.6 is 0 Å². The molecule has 0 saturated carbocycles. The summed E-state index contributed by atoms with van der Waals surface area (Å²) in [5.41, 5.74) is 2.07. The molecule has 0 atom stereocenters. The molecule has 3 aromatic rings. The highest BCUT2D eigenvalue weighted by atomic mass is 15.3. The first-order valence-electron chi connectivity index (χ1n) is 6.33. The van der Waals surface area contributed by atoms with Crippen LogP contribution in [-0.2, 0) is 5.41 Å². The average Bonchev–Trinajstić information content (AvgIpc) is 3.04. The summed E-state index contributed by atoms with van der Waals surface area (Å²) in [4.78, 5) is 4.18. The summed E-state index contributed by atoms with van der Waals surface area (Å²) < 4.78 is 1.88. The van der Waals surface area contributed by atoms with Crippen molar-refractivity contribution in [3.63, 3.8) is 0 Å². The fourth-order valence-corrected chi connectivity index (χ4v) is 2.07. The van der Waals surface area contributed by atoms with Gasteiger partial charge in [-0.1, -0.05) is 20.8 Å². The lowest BCUT2D eigenvalue weighted by atomic mass is 9.84. The molecule has 3 rings (SSSR count). The Balaban J connectivity index is 2.21. The van der Waals surface area contributed by atoms with E-state index >= 15 is 0 Å². The van der Waals surface area contributed by atoms with Crippen LogP contribution in [0.25, 0.3) is 17.2 Å². The summed E-state index contributed by atoms with van der Waals surface area (Å²) in [5, 5.41) is 15.6. The van der Waals surface area contributed by atoms with E-state index in [0.29, 0.717) is 5.78 Å². The van der Waals surface area contributed by atoms with Crippen LogP contribution in [0.1, 0.15) is 32.9 Å². The van der Waals surface area contributed by atoms with Crippen molar-refractivity contribution in [1.29, 1.82) is 0 Å². The summed E-state index contributed by atoms with van der Waals surface area (Å²) in [6.45, 7) is 6.53. The maximum atomic E-state index is 4.24. The molecule has 0 spiro atoms. The first-order chi connectivity index (χ1) is 9.13. The van der Waals surface area contributed by atoms with E-state index in [4.69, 9.17) is 0 Å². The summed E-state index contributed by atoms with van der Waals surface area (Å²) in [6, 6.07) is 1.87. The third-order valence-electron chi connectivity index (χ3n) is 3.63. The second-order valence-corrected chi connectivity index (χ2v) is 5.21. The summed E-state index contributed by atoms with van der Waals surface area (Å²) >= 11 is 0. The SMILES string of the molecule is CCC(C)(C)c1[nH]ncc1-c1nnc2ncccn12. The quantitative estimate of drug-likeness (QED) is 0.779. The fraction of sp³-hybridized carbons (Fsp3) is 0.385. The van der Waals surface area contributed by atoms with Crippen molar-refractivity contribution in [1.82, 2.24) is 29.8 Å². The molecule has 19 heavy (non-hydrogen) atoms. The van der Waals surface area contributed by atoms with Crippen LogP contribution in [0.2, 0.25) is 0 Å². The van der Waals surface area contributed by atoms with E-state index in [2.05, 4.69) is 46.1 Å². The third kappa shape index (κ3) is 1.80. The zero-order chi connectivity index (χ0) is 13.5. The smallest absolute Gasteiger partial charge is 0.255 e. The van der Waals surface area contributed by atoms with Gasteiger partial charge >= 0.3 is 0 Å². The van der Waals surface area contributed by atoms with Crippen LogP contribution in [0.3, 0.4) is 0 Å². The van der Waals surface area contributed by atoms with Gasteiger partial charge in [0.25, 0.3) is 5.78 Å². The largest absolute Gasteiger partial charge is 0.281 e. The van der Waals surface area contributed by atoms with Gasteiger partial charge in [0.2, 0.25) is 0 Å². The van der Waals surface area contributed by atoms with Gasteiger partial charge in [-0.2, -0.15) is 5.10 Å². The Kier molecular flexibility index (Phi) is 2.58. The number of fused-ring (bicyclic) bond motifs is 1. The molecule has 6 heteroatoms. The maximum absolute atomic E-state index is 4.24. The number of rotatable bonds is 3. The van der Waals surface area contributed by atoms with Gasteiger partial charge < -0.3 is 0 Å². The molecule has 0 aliphatic rings. The summed E-state index contributed by atoms with van der Waals surface area (Å²) in [5.74, 6) is 1.37. The Morgan fingerprint density at radius 3 is 2.95 bits per heavy atom. The molecule has 0 saturated heterocycles. The first kappa shape index (κ1) is 11.8. The average molecular weight is 256 g/mol. The second-order valence-electron chi connectivity index (χ2n) is 5.21. The van der Waals surface area contributed by atoms with E-state index in [1.807, 2.05) is 16.7 Å². The lowest BCUT2D eigenvalue weighted by Gasteiger charge is -2.22. The number of H-pyrrole nitrogens is 1. The molecule has 0 aliphatic carbocycles. The highest BCUT2D eigenvalue weighted by Crippen LogP contribution is 2.32. The Hall–Kier alpha value is -2.24. The molecule has 3 aromatic heterocycles. The van der Waals surface area contributed by atoms with Crippen LogP contribution in [-0.4, -0.2) is 29.8 Å². The molecule has 3 heterocycles. The minimum Gasteiger partial charge on any atom is -0.281 e. The predicted octanol–water partition coefficient (Wildman–Crippen LogP) is 2.20. The van der Waals surface area contributed by atoms with Gasteiger partial charge in [0, 0.05) is 17.8 Å². The zero-order valence-electron chi connectivity index (χ0n) is 11.3. The van der Waals surface area contributed by atoms with Gasteiger partial charge in [0.1, 0.15) is 0 Å². The molecular formula is C13H16N6. The summed E-state index contributed by atoms with van der Waals surface area (Å²) in [6.07, 6.45) is 6.43. The van der Waals surface area contributed by atoms with Crippen molar-refractivity contribution in [3.8, 4) is 11.4 Å². The lowest BCUT2D eigenvalue weighted by Crippen LogP contribution is -2.17. The molecule has 0 bridgehead atoms. The molecule has 0 aromatic carbocycles. The van der Waals surface area contributed by atoms with E-state index in [0.717, 1.165) is 23.5 Å². The van der Waals surface area contributed by atoms with Crippen molar-refractivity contribution < 1.29 is 0 Å². The van der Waals surface area contributed by atoms with Gasteiger partial charge in [0.15, 0.2) is 5.82 Å². The van der Waals surface area contributed by atoms with Crippen molar-refractivity contribution >= 4 is 5.78 Å². The van der Waals surface area contributed by atoms with Gasteiger partial charge in [-0.15, -0.1) is 10.2 Å². The highest BCUT2D eigenvalue weighted by molar-refractivity contribution is 5.61. The zero-order valence-corrected chi connectivity index (χ0v) is 11.3. The fourth-order valence-electron chi connectivity index (χ4n) is 2.07. The number of hydrogen-bond donors (Lipinski definition) is 1. The van der Waals surface area contributed by atoms with Crippen molar-refractivity contribution in [2.75, 3.05) is 0 Å². The van der Waals surface area contributed by atoms with Crippen molar-refractivity contribution in [3.05, 3.63) is 30.4 Å². The number of hydrogen-bond acceptors (Lipinski definition) is 4. The Morgan fingerprint density at radius 1 is 1.32 bits per heavy atom. The topological polar surface area (TPSA) is 71.8 Å². The molecular weight excluding hydrogens is 240 g/mol. The number of aromatic nitrogens is 6. The monoisotopic (exact) mass is 256 g/mol. The van der Waals surface area contributed by atoms with Crippen LogP contribution in [0.15, 0.2) is 24.7 Å². The van der Waals surface area contributed by atoms with Crippen LogP contribution in [0.5, 0.6) is 0 Å². The molecule has 0 fully saturated rings. The second kappa shape index (κ2) is 4.15. The number of aromatic amines is 1. The molecule has 6 nitrogen and oxygen atoms in total. The van der Waals surface area contributed by atoms with E-state index in [-0.39, 0.29) is 5.41 Å². The third-order valence-corrected chi connectivity index (χ3v) is 3.63. The maximum Gasteiger partial charge on any atom is 0.255 e. The van der Waals surface area contributed by atoms with E-state index < -0.39 is 0 Å². The lowest BCUT2D eigenvalue weighted by molar-refractivity contribution is 0.490. The van der Waals surface area contributed by atoms with Crippen molar-refractivity contribution in [2.45, 2.75) is 32.6 Å². The molecule has 1 N–H and O–H groups in total.